The third kappa shape index (κ3) is 1.28. The first-order valence-corrected chi connectivity index (χ1v) is 5.58. The fourth-order valence-corrected chi connectivity index (χ4v) is 2.80. The van der Waals surface area contributed by atoms with Gasteiger partial charge in [0.15, 0.2) is 0 Å². The summed E-state index contributed by atoms with van der Waals surface area (Å²) >= 11 is 1.84. The first kappa shape index (κ1) is 8.76. The molecule has 0 amide bonds. The summed E-state index contributed by atoms with van der Waals surface area (Å²) in [5, 5.41) is 3.64. The number of hydrogen-bond donors (Lipinski definition) is 0. The van der Waals surface area contributed by atoms with Gasteiger partial charge in [0.2, 0.25) is 0 Å². The third-order valence-electron chi connectivity index (χ3n) is 2.77. The number of rotatable bonds is 1. The van der Waals surface area contributed by atoms with E-state index < -0.39 is 0 Å². The quantitative estimate of drug-likeness (QED) is 0.635. The van der Waals surface area contributed by atoms with Crippen LogP contribution in [0.25, 0.3) is 10.1 Å². The van der Waals surface area contributed by atoms with E-state index in [9.17, 15) is 0 Å². The molecule has 0 spiro atoms. The highest BCUT2D eigenvalue weighted by Crippen LogP contribution is 2.29. The van der Waals surface area contributed by atoms with Crippen LogP contribution in [0.3, 0.4) is 0 Å². The Kier molecular flexibility index (Phi) is 2.12. The fourth-order valence-electron chi connectivity index (χ4n) is 1.88. The molecule has 1 heteroatoms. The van der Waals surface area contributed by atoms with Crippen molar-refractivity contribution in [3.63, 3.8) is 0 Å². The molecule has 2 rings (SSSR count). The molecule has 0 saturated carbocycles. The number of thiophene rings is 1. The second-order valence-electron chi connectivity index (χ2n) is 3.48. The molecule has 1 aromatic carbocycles. The number of aryl methyl sites for hydroxylation is 2. The van der Waals surface area contributed by atoms with Crippen LogP contribution in [-0.2, 0) is 6.42 Å². The van der Waals surface area contributed by atoms with Gasteiger partial charge in [-0.15, -0.1) is 11.3 Å². The molecule has 0 aliphatic carbocycles. The minimum absolute atomic E-state index is 1.14. The Labute approximate surface area is 83.2 Å². The Bertz CT molecular complexity index is 438. The molecular formula is C12H14S. The average molecular weight is 190 g/mol. The fraction of sp³-hybridized carbons (Fsp3) is 0.333. The molecule has 0 unspecified atom stereocenters. The van der Waals surface area contributed by atoms with Gasteiger partial charge in [0, 0.05) is 4.70 Å². The van der Waals surface area contributed by atoms with E-state index in [0.717, 1.165) is 6.42 Å². The average Bonchev–Trinajstić information content (AvgIpc) is 2.54. The van der Waals surface area contributed by atoms with Gasteiger partial charge in [-0.3, -0.25) is 0 Å². The van der Waals surface area contributed by atoms with Gasteiger partial charge in [-0.2, -0.15) is 0 Å². The SMILES string of the molecule is CCc1c(C)c(C)cc2sccc12. The largest absolute Gasteiger partial charge is 0.144 e. The van der Waals surface area contributed by atoms with Crippen LogP contribution in [0.1, 0.15) is 23.6 Å². The molecule has 0 saturated heterocycles. The van der Waals surface area contributed by atoms with Crippen molar-refractivity contribution >= 4 is 21.4 Å². The molecule has 0 aliphatic rings. The molecule has 0 nitrogen and oxygen atoms in total. The standard InChI is InChI=1S/C12H14S/c1-4-10-9(3)8(2)7-12-11(10)5-6-13-12/h5-7H,4H2,1-3H3. The van der Waals surface area contributed by atoms with Crippen molar-refractivity contribution in [3.05, 3.63) is 34.2 Å². The van der Waals surface area contributed by atoms with Gasteiger partial charge < -0.3 is 0 Å². The van der Waals surface area contributed by atoms with Crippen LogP contribution in [0, 0.1) is 13.8 Å². The maximum absolute atomic E-state index is 2.30. The summed E-state index contributed by atoms with van der Waals surface area (Å²) < 4.78 is 1.43. The van der Waals surface area contributed by atoms with Crippen LogP contribution in [0.15, 0.2) is 17.5 Å². The molecule has 0 aliphatic heterocycles. The van der Waals surface area contributed by atoms with Crippen LogP contribution in [0.2, 0.25) is 0 Å². The van der Waals surface area contributed by atoms with Crippen molar-refractivity contribution in [1.29, 1.82) is 0 Å². The lowest BCUT2D eigenvalue weighted by atomic mass is 9.98. The van der Waals surface area contributed by atoms with Gasteiger partial charge in [0.1, 0.15) is 0 Å². The molecule has 0 radical (unpaired) electrons. The van der Waals surface area contributed by atoms with Crippen molar-refractivity contribution in [2.45, 2.75) is 27.2 Å². The monoisotopic (exact) mass is 190 g/mol. The minimum Gasteiger partial charge on any atom is -0.144 e. The summed E-state index contributed by atoms with van der Waals surface area (Å²) in [5.41, 5.74) is 4.41. The van der Waals surface area contributed by atoms with Crippen molar-refractivity contribution in [2.24, 2.45) is 0 Å². The Morgan fingerprint density at radius 3 is 2.77 bits per heavy atom. The van der Waals surface area contributed by atoms with E-state index in [4.69, 9.17) is 0 Å². The van der Waals surface area contributed by atoms with Gasteiger partial charge in [-0.1, -0.05) is 6.92 Å². The molecule has 0 fully saturated rings. The molecule has 0 atom stereocenters. The van der Waals surface area contributed by atoms with Crippen LogP contribution in [-0.4, -0.2) is 0 Å². The third-order valence-corrected chi connectivity index (χ3v) is 3.63. The van der Waals surface area contributed by atoms with Crippen molar-refractivity contribution in [3.8, 4) is 0 Å². The molecule has 68 valence electrons. The molecule has 13 heavy (non-hydrogen) atoms. The van der Waals surface area contributed by atoms with E-state index >= 15 is 0 Å². The Hall–Kier alpha value is -0.820. The zero-order valence-corrected chi connectivity index (χ0v) is 9.16. The van der Waals surface area contributed by atoms with Crippen LogP contribution >= 0.6 is 11.3 Å². The van der Waals surface area contributed by atoms with E-state index in [0.29, 0.717) is 0 Å². The van der Waals surface area contributed by atoms with Gasteiger partial charge in [-0.05, 0) is 59.9 Å². The van der Waals surface area contributed by atoms with Crippen molar-refractivity contribution in [1.82, 2.24) is 0 Å². The van der Waals surface area contributed by atoms with Crippen LogP contribution in [0.5, 0.6) is 0 Å². The van der Waals surface area contributed by atoms with Crippen molar-refractivity contribution in [2.75, 3.05) is 0 Å². The van der Waals surface area contributed by atoms with E-state index in [-0.39, 0.29) is 0 Å². The summed E-state index contributed by atoms with van der Waals surface area (Å²) in [5.74, 6) is 0. The maximum atomic E-state index is 2.30. The highest BCUT2D eigenvalue weighted by atomic mass is 32.1. The predicted octanol–water partition coefficient (Wildman–Crippen LogP) is 4.08. The molecule has 1 heterocycles. The summed E-state index contributed by atoms with van der Waals surface area (Å²) in [4.78, 5) is 0. The van der Waals surface area contributed by atoms with E-state index in [2.05, 4.69) is 38.3 Å². The molecule has 2 aromatic rings. The Morgan fingerprint density at radius 1 is 1.31 bits per heavy atom. The first-order valence-electron chi connectivity index (χ1n) is 4.70. The first-order chi connectivity index (χ1) is 6.24. The topological polar surface area (TPSA) is 0 Å². The van der Waals surface area contributed by atoms with Gasteiger partial charge in [0.25, 0.3) is 0 Å². The summed E-state index contributed by atoms with van der Waals surface area (Å²) in [6.07, 6.45) is 1.14. The van der Waals surface area contributed by atoms with Crippen LogP contribution < -0.4 is 0 Å². The molecule has 1 aromatic heterocycles. The summed E-state index contributed by atoms with van der Waals surface area (Å²) in [6.45, 7) is 6.66. The van der Waals surface area contributed by atoms with Crippen molar-refractivity contribution < 1.29 is 0 Å². The van der Waals surface area contributed by atoms with E-state index in [1.165, 1.54) is 26.8 Å². The van der Waals surface area contributed by atoms with Crippen LogP contribution in [0.4, 0.5) is 0 Å². The normalized spacial score (nSPS) is 11.0. The highest BCUT2D eigenvalue weighted by molar-refractivity contribution is 7.17. The summed E-state index contributed by atoms with van der Waals surface area (Å²) in [6, 6.07) is 4.54. The zero-order valence-electron chi connectivity index (χ0n) is 8.35. The van der Waals surface area contributed by atoms with Gasteiger partial charge in [0.05, 0.1) is 0 Å². The maximum Gasteiger partial charge on any atom is 0.0348 e. The van der Waals surface area contributed by atoms with Gasteiger partial charge in [-0.25, -0.2) is 0 Å². The lowest BCUT2D eigenvalue weighted by Gasteiger charge is -2.08. The second-order valence-corrected chi connectivity index (χ2v) is 4.43. The van der Waals surface area contributed by atoms with Gasteiger partial charge >= 0.3 is 0 Å². The highest BCUT2D eigenvalue weighted by Gasteiger charge is 2.06. The van der Waals surface area contributed by atoms with E-state index in [1.807, 2.05) is 11.3 Å². The van der Waals surface area contributed by atoms with E-state index in [1.54, 1.807) is 0 Å². The molecular weight excluding hydrogens is 176 g/mol. The lowest BCUT2D eigenvalue weighted by molar-refractivity contribution is 1.12. The predicted molar refractivity (Wildman–Crippen MR) is 60.7 cm³/mol. The second kappa shape index (κ2) is 3.15. The number of fused-ring (bicyclic) bond motifs is 1. The minimum atomic E-state index is 1.14. The Balaban J connectivity index is 2.87. The smallest absolute Gasteiger partial charge is 0.0348 e. The number of benzene rings is 1. The zero-order chi connectivity index (χ0) is 9.42. The molecule has 0 bridgehead atoms. The summed E-state index contributed by atoms with van der Waals surface area (Å²) in [7, 11) is 0. The Morgan fingerprint density at radius 2 is 2.08 bits per heavy atom. The number of hydrogen-bond acceptors (Lipinski definition) is 1. The lowest BCUT2D eigenvalue weighted by Crippen LogP contribution is -1.90. The molecule has 0 N–H and O–H groups in total.